The molecule has 120 valence electrons. The molecule has 23 heavy (non-hydrogen) atoms. The number of hydrogen-bond donors (Lipinski definition) is 1. The summed E-state index contributed by atoms with van der Waals surface area (Å²) in [6.45, 7) is 3.37. The molecule has 0 aliphatic carbocycles. The molecule has 0 aliphatic rings. The van der Waals surface area contributed by atoms with E-state index in [2.05, 4.69) is 15.5 Å². The van der Waals surface area contributed by atoms with Crippen molar-refractivity contribution in [2.75, 3.05) is 5.43 Å². The van der Waals surface area contributed by atoms with Crippen LogP contribution in [0.5, 0.6) is 0 Å². The van der Waals surface area contributed by atoms with Crippen molar-refractivity contribution < 1.29 is 4.92 Å². The predicted octanol–water partition coefficient (Wildman–Crippen LogP) is 5.09. The molecule has 6 nitrogen and oxygen atoms in total. The van der Waals surface area contributed by atoms with Gasteiger partial charge in [0.2, 0.25) is 0 Å². The highest BCUT2D eigenvalue weighted by atomic mass is 35.5. The van der Waals surface area contributed by atoms with E-state index in [4.69, 9.17) is 34.8 Å². The Labute approximate surface area is 147 Å². The maximum absolute atomic E-state index is 11.0. The number of aromatic nitrogens is 1. The predicted molar refractivity (Wildman–Crippen MR) is 92.9 cm³/mol. The third-order valence-corrected chi connectivity index (χ3v) is 4.00. The third kappa shape index (κ3) is 4.10. The van der Waals surface area contributed by atoms with E-state index in [1.165, 1.54) is 12.1 Å². The molecule has 1 aromatic heterocycles. The van der Waals surface area contributed by atoms with E-state index in [1.807, 2.05) is 0 Å². The lowest BCUT2D eigenvalue weighted by Crippen LogP contribution is -2.03. The second-order valence-corrected chi connectivity index (χ2v) is 5.83. The first-order chi connectivity index (χ1) is 10.8. The van der Waals surface area contributed by atoms with Crippen LogP contribution in [0.3, 0.4) is 0 Å². The monoisotopic (exact) mass is 372 g/mol. The van der Waals surface area contributed by atoms with E-state index in [0.717, 1.165) is 0 Å². The van der Waals surface area contributed by atoms with Gasteiger partial charge in [-0.15, -0.1) is 0 Å². The van der Waals surface area contributed by atoms with Gasteiger partial charge in [0.05, 0.1) is 20.7 Å². The van der Waals surface area contributed by atoms with Gasteiger partial charge in [-0.25, -0.2) is 4.98 Å². The second kappa shape index (κ2) is 7.12. The van der Waals surface area contributed by atoms with Gasteiger partial charge in [0.25, 0.3) is 5.69 Å². The first kappa shape index (κ1) is 17.5. The first-order valence-electron chi connectivity index (χ1n) is 6.37. The van der Waals surface area contributed by atoms with E-state index in [9.17, 15) is 10.1 Å². The zero-order valence-electron chi connectivity index (χ0n) is 12.1. The molecule has 9 heteroatoms. The van der Waals surface area contributed by atoms with Crippen molar-refractivity contribution in [3.8, 4) is 0 Å². The van der Waals surface area contributed by atoms with Gasteiger partial charge in [-0.1, -0.05) is 46.9 Å². The van der Waals surface area contributed by atoms with Gasteiger partial charge < -0.3 is 0 Å². The quantitative estimate of drug-likeness (QED) is 0.350. The van der Waals surface area contributed by atoms with Crippen LogP contribution in [-0.2, 0) is 0 Å². The number of anilines is 1. The van der Waals surface area contributed by atoms with Crippen LogP contribution in [0.2, 0.25) is 15.2 Å². The maximum atomic E-state index is 11.0. The average molecular weight is 374 g/mol. The molecule has 0 bridgehead atoms. The summed E-state index contributed by atoms with van der Waals surface area (Å²) in [5, 5.41) is 15.7. The number of benzene rings is 1. The van der Waals surface area contributed by atoms with Crippen molar-refractivity contribution in [2.45, 2.75) is 13.8 Å². The number of hydrogen-bond acceptors (Lipinski definition) is 5. The fourth-order valence-electron chi connectivity index (χ4n) is 1.76. The molecule has 1 aromatic carbocycles. The van der Waals surface area contributed by atoms with Crippen molar-refractivity contribution in [3.63, 3.8) is 0 Å². The Morgan fingerprint density at radius 2 is 1.96 bits per heavy atom. The van der Waals surface area contributed by atoms with Crippen LogP contribution in [0.4, 0.5) is 11.5 Å². The Kier molecular flexibility index (Phi) is 5.41. The molecule has 0 radical (unpaired) electrons. The molecule has 0 saturated carbocycles. The maximum Gasteiger partial charge on any atom is 0.272 e. The van der Waals surface area contributed by atoms with Crippen LogP contribution in [0, 0.1) is 17.0 Å². The molecule has 0 amide bonds. The van der Waals surface area contributed by atoms with E-state index in [0.29, 0.717) is 16.8 Å². The van der Waals surface area contributed by atoms with Gasteiger partial charge in [0, 0.05) is 17.2 Å². The van der Waals surface area contributed by atoms with E-state index in [-0.39, 0.29) is 26.7 Å². The molecular formula is C14H11Cl3N4O2. The lowest BCUT2D eigenvalue weighted by atomic mass is 10.1. The summed E-state index contributed by atoms with van der Waals surface area (Å²) in [7, 11) is 0. The third-order valence-electron chi connectivity index (χ3n) is 3.04. The summed E-state index contributed by atoms with van der Waals surface area (Å²) in [4.78, 5) is 14.5. The summed E-state index contributed by atoms with van der Waals surface area (Å²) in [6, 6.07) is 6.31. The van der Waals surface area contributed by atoms with Crippen molar-refractivity contribution >= 4 is 52.0 Å². The van der Waals surface area contributed by atoms with Gasteiger partial charge in [-0.05, 0) is 19.9 Å². The van der Waals surface area contributed by atoms with Gasteiger partial charge in [0.1, 0.15) is 5.15 Å². The largest absolute Gasteiger partial charge is 0.272 e. The lowest BCUT2D eigenvalue weighted by Gasteiger charge is -2.06. The number of halogens is 3. The van der Waals surface area contributed by atoms with Crippen molar-refractivity contribution in [1.29, 1.82) is 0 Å². The SMILES string of the molecule is C/C(=N/Nc1nc(Cl)c(Cl)cc1Cl)c1ccc(C)c([N+](=O)[O-])c1. The Balaban J connectivity index is 2.29. The smallest absolute Gasteiger partial charge is 0.260 e. The van der Waals surface area contributed by atoms with Crippen LogP contribution in [0.25, 0.3) is 0 Å². The standard InChI is InChI=1S/C14H11Cl3N4O2/c1-7-3-4-9(5-12(7)21(22)23)8(2)19-20-14-11(16)6-10(15)13(17)18-14/h3-6H,1-2H3,(H,18,20)/b19-8-. The van der Waals surface area contributed by atoms with E-state index in [1.54, 1.807) is 26.0 Å². The number of rotatable bonds is 4. The molecule has 0 atom stereocenters. The summed E-state index contributed by atoms with van der Waals surface area (Å²) >= 11 is 17.6. The van der Waals surface area contributed by atoms with Gasteiger partial charge in [-0.2, -0.15) is 5.10 Å². The summed E-state index contributed by atoms with van der Waals surface area (Å²) in [6.07, 6.45) is 0. The van der Waals surface area contributed by atoms with Crippen molar-refractivity contribution in [3.05, 3.63) is 60.7 Å². The zero-order valence-corrected chi connectivity index (χ0v) is 14.4. The number of nitrogens with one attached hydrogen (secondary N) is 1. The van der Waals surface area contributed by atoms with E-state index < -0.39 is 4.92 Å². The molecule has 2 rings (SSSR count). The van der Waals surface area contributed by atoms with Crippen molar-refractivity contribution in [1.82, 2.24) is 4.98 Å². The van der Waals surface area contributed by atoms with Crippen LogP contribution >= 0.6 is 34.8 Å². The number of hydrazone groups is 1. The Morgan fingerprint density at radius 1 is 1.26 bits per heavy atom. The number of aryl methyl sites for hydroxylation is 1. The minimum atomic E-state index is -0.434. The number of nitrogens with zero attached hydrogens (tertiary/aromatic N) is 3. The minimum Gasteiger partial charge on any atom is -0.260 e. The molecule has 1 N–H and O–H groups in total. The highest BCUT2D eigenvalue weighted by Crippen LogP contribution is 2.29. The highest BCUT2D eigenvalue weighted by Gasteiger charge is 2.12. The summed E-state index contributed by atoms with van der Waals surface area (Å²) < 4.78 is 0. The minimum absolute atomic E-state index is 0.0303. The Hall–Kier alpha value is -1.89. The number of nitro benzene ring substituents is 1. The van der Waals surface area contributed by atoms with Crippen molar-refractivity contribution in [2.24, 2.45) is 5.10 Å². The van der Waals surface area contributed by atoms with Crippen LogP contribution in [0.1, 0.15) is 18.1 Å². The molecule has 0 saturated heterocycles. The highest BCUT2D eigenvalue weighted by molar-refractivity contribution is 6.42. The first-order valence-corrected chi connectivity index (χ1v) is 7.50. The number of pyridine rings is 1. The van der Waals surface area contributed by atoms with Gasteiger partial charge in [-0.3, -0.25) is 15.5 Å². The fourth-order valence-corrected chi connectivity index (χ4v) is 2.29. The van der Waals surface area contributed by atoms with Gasteiger partial charge >= 0.3 is 0 Å². The lowest BCUT2D eigenvalue weighted by molar-refractivity contribution is -0.385. The van der Waals surface area contributed by atoms with Crippen LogP contribution in [-0.4, -0.2) is 15.6 Å². The van der Waals surface area contributed by atoms with E-state index >= 15 is 0 Å². The van der Waals surface area contributed by atoms with Crippen LogP contribution in [0.15, 0.2) is 29.4 Å². The fraction of sp³-hybridized carbons (Fsp3) is 0.143. The summed E-state index contributed by atoms with van der Waals surface area (Å²) in [5.74, 6) is 0.238. The molecular weight excluding hydrogens is 363 g/mol. The van der Waals surface area contributed by atoms with Gasteiger partial charge in [0.15, 0.2) is 5.82 Å². The molecule has 1 heterocycles. The Morgan fingerprint density at radius 3 is 2.61 bits per heavy atom. The molecule has 2 aromatic rings. The molecule has 0 fully saturated rings. The topological polar surface area (TPSA) is 80.4 Å². The summed E-state index contributed by atoms with van der Waals surface area (Å²) in [5.41, 5.74) is 4.41. The zero-order chi connectivity index (χ0) is 17.1. The Bertz CT molecular complexity index is 809. The molecule has 0 spiro atoms. The molecule has 0 aliphatic heterocycles. The van der Waals surface area contributed by atoms with Crippen LogP contribution < -0.4 is 5.43 Å². The number of nitro groups is 1. The average Bonchev–Trinajstić information content (AvgIpc) is 2.49. The normalized spacial score (nSPS) is 11.4. The molecule has 0 unspecified atom stereocenters. The second-order valence-electron chi connectivity index (χ2n) is 4.66.